The molecule has 4 heteroatoms. The van der Waals surface area contributed by atoms with Crippen molar-refractivity contribution in [3.63, 3.8) is 0 Å². The second-order valence-corrected chi connectivity index (χ2v) is 5.52. The summed E-state index contributed by atoms with van der Waals surface area (Å²) in [6, 6.07) is 1.93. The lowest BCUT2D eigenvalue weighted by atomic mass is 9.95. The summed E-state index contributed by atoms with van der Waals surface area (Å²) in [6.45, 7) is 11.1. The van der Waals surface area contributed by atoms with Gasteiger partial charge in [0, 0.05) is 24.0 Å². The van der Waals surface area contributed by atoms with Gasteiger partial charge in [-0.1, -0.05) is 20.8 Å². The highest BCUT2D eigenvalue weighted by molar-refractivity contribution is 5.99. The molecule has 1 aromatic rings. The standard InChI is InChI=1S/C16H27N3O/c1-6-9-17-14-10-12(4)18-11-13(14)15(20)19-16(5,7-2)8-3/h10-11H,6-9H2,1-5H3,(H,17,18)(H,19,20). The second kappa shape index (κ2) is 7.27. The Morgan fingerprint density at radius 3 is 2.50 bits per heavy atom. The zero-order valence-corrected chi connectivity index (χ0v) is 13.3. The first-order valence-electron chi connectivity index (χ1n) is 7.48. The predicted octanol–water partition coefficient (Wildman–Crippen LogP) is 3.52. The molecule has 0 bridgehead atoms. The summed E-state index contributed by atoms with van der Waals surface area (Å²) in [5.41, 5.74) is 2.24. The minimum Gasteiger partial charge on any atom is -0.384 e. The van der Waals surface area contributed by atoms with Gasteiger partial charge in [0.1, 0.15) is 0 Å². The molecule has 4 nitrogen and oxygen atoms in total. The van der Waals surface area contributed by atoms with Crippen LogP contribution in [0.5, 0.6) is 0 Å². The Kier molecular flexibility index (Phi) is 5.99. The molecule has 112 valence electrons. The lowest BCUT2D eigenvalue weighted by molar-refractivity contribution is 0.0901. The third-order valence-electron chi connectivity index (χ3n) is 3.83. The number of amides is 1. The molecule has 1 aromatic heterocycles. The van der Waals surface area contributed by atoms with Gasteiger partial charge in [0.2, 0.25) is 0 Å². The minimum absolute atomic E-state index is 0.0534. The summed E-state index contributed by atoms with van der Waals surface area (Å²) in [5.74, 6) is -0.0534. The van der Waals surface area contributed by atoms with E-state index >= 15 is 0 Å². The Hall–Kier alpha value is -1.58. The molecule has 0 spiro atoms. The first-order valence-corrected chi connectivity index (χ1v) is 7.48. The average molecular weight is 277 g/mol. The van der Waals surface area contributed by atoms with Crippen molar-refractivity contribution in [2.24, 2.45) is 0 Å². The lowest BCUT2D eigenvalue weighted by Gasteiger charge is -2.28. The third kappa shape index (κ3) is 4.22. The Labute approximate surface area is 122 Å². The van der Waals surface area contributed by atoms with E-state index in [0.29, 0.717) is 5.56 Å². The van der Waals surface area contributed by atoms with E-state index in [1.807, 2.05) is 13.0 Å². The molecule has 0 unspecified atom stereocenters. The molecular formula is C16H27N3O. The van der Waals surface area contributed by atoms with Crippen LogP contribution in [-0.2, 0) is 0 Å². The molecule has 1 amide bonds. The van der Waals surface area contributed by atoms with Gasteiger partial charge in [-0.15, -0.1) is 0 Å². The van der Waals surface area contributed by atoms with Crippen molar-refractivity contribution in [3.8, 4) is 0 Å². The second-order valence-electron chi connectivity index (χ2n) is 5.52. The van der Waals surface area contributed by atoms with E-state index in [1.165, 1.54) is 0 Å². The number of carbonyl (C=O) groups is 1. The van der Waals surface area contributed by atoms with Crippen molar-refractivity contribution in [1.82, 2.24) is 10.3 Å². The number of pyridine rings is 1. The quantitative estimate of drug-likeness (QED) is 0.801. The van der Waals surface area contributed by atoms with Crippen LogP contribution in [0.2, 0.25) is 0 Å². The summed E-state index contributed by atoms with van der Waals surface area (Å²) < 4.78 is 0. The fourth-order valence-corrected chi connectivity index (χ4v) is 1.91. The summed E-state index contributed by atoms with van der Waals surface area (Å²) in [6.07, 6.45) is 4.50. The van der Waals surface area contributed by atoms with Crippen molar-refractivity contribution < 1.29 is 4.79 Å². The van der Waals surface area contributed by atoms with Crippen molar-refractivity contribution in [2.45, 2.75) is 59.4 Å². The average Bonchev–Trinajstić information content (AvgIpc) is 2.44. The molecule has 0 aliphatic carbocycles. The van der Waals surface area contributed by atoms with Gasteiger partial charge in [0.05, 0.1) is 11.3 Å². The van der Waals surface area contributed by atoms with Crippen molar-refractivity contribution in [2.75, 3.05) is 11.9 Å². The predicted molar refractivity (Wildman–Crippen MR) is 84.2 cm³/mol. The first kappa shape index (κ1) is 16.5. The molecule has 0 saturated carbocycles. The van der Waals surface area contributed by atoms with E-state index in [1.54, 1.807) is 6.20 Å². The number of aromatic nitrogens is 1. The molecule has 0 radical (unpaired) electrons. The molecule has 1 rings (SSSR count). The van der Waals surface area contributed by atoms with Gasteiger partial charge in [0.25, 0.3) is 5.91 Å². The van der Waals surface area contributed by atoms with E-state index in [-0.39, 0.29) is 11.4 Å². The maximum atomic E-state index is 12.5. The highest BCUT2D eigenvalue weighted by atomic mass is 16.1. The highest BCUT2D eigenvalue weighted by Crippen LogP contribution is 2.19. The molecular weight excluding hydrogens is 250 g/mol. The van der Waals surface area contributed by atoms with Crippen LogP contribution < -0.4 is 10.6 Å². The monoisotopic (exact) mass is 277 g/mol. The molecule has 0 atom stereocenters. The van der Waals surface area contributed by atoms with Crippen LogP contribution in [0.4, 0.5) is 5.69 Å². The van der Waals surface area contributed by atoms with Crippen LogP contribution in [0.3, 0.4) is 0 Å². The largest absolute Gasteiger partial charge is 0.384 e. The zero-order valence-electron chi connectivity index (χ0n) is 13.3. The molecule has 2 N–H and O–H groups in total. The normalized spacial score (nSPS) is 11.2. The lowest BCUT2D eigenvalue weighted by Crippen LogP contribution is -2.45. The molecule has 1 heterocycles. The fourth-order valence-electron chi connectivity index (χ4n) is 1.91. The van der Waals surface area contributed by atoms with Gasteiger partial charge in [0.15, 0.2) is 0 Å². The molecule has 0 aliphatic rings. The summed E-state index contributed by atoms with van der Waals surface area (Å²) in [4.78, 5) is 16.7. The minimum atomic E-state index is -0.163. The molecule has 0 aliphatic heterocycles. The van der Waals surface area contributed by atoms with Crippen LogP contribution in [0, 0.1) is 6.92 Å². The summed E-state index contributed by atoms with van der Waals surface area (Å²) >= 11 is 0. The first-order chi connectivity index (χ1) is 9.45. The van der Waals surface area contributed by atoms with Gasteiger partial charge < -0.3 is 10.6 Å². The number of aryl methyl sites for hydroxylation is 1. The number of nitrogens with zero attached hydrogens (tertiary/aromatic N) is 1. The van der Waals surface area contributed by atoms with Crippen LogP contribution in [0.25, 0.3) is 0 Å². The maximum Gasteiger partial charge on any atom is 0.255 e. The maximum absolute atomic E-state index is 12.5. The van der Waals surface area contributed by atoms with E-state index in [9.17, 15) is 4.79 Å². The van der Waals surface area contributed by atoms with Crippen LogP contribution in [0.1, 0.15) is 63.0 Å². The molecule has 0 saturated heterocycles. The van der Waals surface area contributed by atoms with Crippen LogP contribution >= 0.6 is 0 Å². The van der Waals surface area contributed by atoms with Gasteiger partial charge >= 0.3 is 0 Å². The number of rotatable bonds is 7. The number of anilines is 1. The molecule has 0 aromatic carbocycles. The summed E-state index contributed by atoms with van der Waals surface area (Å²) in [7, 11) is 0. The highest BCUT2D eigenvalue weighted by Gasteiger charge is 2.24. The number of nitrogens with one attached hydrogen (secondary N) is 2. The van der Waals surface area contributed by atoms with Gasteiger partial charge in [-0.25, -0.2) is 0 Å². The van der Waals surface area contributed by atoms with Gasteiger partial charge in [-0.2, -0.15) is 0 Å². The summed E-state index contributed by atoms with van der Waals surface area (Å²) in [5, 5.41) is 6.43. The van der Waals surface area contributed by atoms with E-state index in [4.69, 9.17) is 0 Å². The molecule has 20 heavy (non-hydrogen) atoms. The van der Waals surface area contributed by atoms with Gasteiger partial charge in [-0.3, -0.25) is 9.78 Å². The van der Waals surface area contributed by atoms with Crippen LogP contribution in [-0.4, -0.2) is 23.0 Å². The zero-order chi connectivity index (χ0) is 15.2. The SMILES string of the molecule is CCCNc1cc(C)ncc1C(=O)NC(C)(CC)CC. The topological polar surface area (TPSA) is 54.0 Å². The molecule has 0 fully saturated rings. The number of carbonyl (C=O) groups excluding carboxylic acids is 1. The Morgan fingerprint density at radius 1 is 1.30 bits per heavy atom. The Morgan fingerprint density at radius 2 is 1.95 bits per heavy atom. The smallest absolute Gasteiger partial charge is 0.255 e. The van der Waals surface area contributed by atoms with Crippen molar-refractivity contribution >= 4 is 11.6 Å². The van der Waals surface area contributed by atoms with Gasteiger partial charge in [-0.05, 0) is 39.2 Å². The fraction of sp³-hybridized carbons (Fsp3) is 0.625. The van der Waals surface area contributed by atoms with Crippen molar-refractivity contribution in [1.29, 1.82) is 0 Å². The van der Waals surface area contributed by atoms with Crippen LogP contribution in [0.15, 0.2) is 12.3 Å². The van der Waals surface area contributed by atoms with E-state index < -0.39 is 0 Å². The van der Waals surface area contributed by atoms with E-state index in [2.05, 4.69) is 43.3 Å². The Balaban J connectivity index is 2.97. The third-order valence-corrected chi connectivity index (χ3v) is 3.83. The van der Waals surface area contributed by atoms with Crippen molar-refractivity contribution in [3.05, 3.63) is 23.5 Å². The Bertz CT molecular complexity index is 453. The van der Waals surface area contributed by atoms with E-state index in [0.717, 1.165) is 37.2 Å². The number of hydrogen-bond acceptors (Lipinski definition) is 3. The number of hydrogen-bond donors (Lipinski definition) is 2.